The molecule has 0 bridgehead atoms. The predicted octanol–water partition coefficient (Wildman–Crippen LogP) is 5.36. The van der Waals surface area contributed by atoms with Gasteiger partial charge in [0.05, 0.1) is 10.6 Å². The highest BCUT2D eigenvalue weighted by Gasteiger charge is 2.13. The lowest BCUT2D eigenvalue weighted by Crippen LogP contribution is -2.02. The number of carboxylic acids is 1. The van der Waals surface area contributed by atoms with Gasteiger partial charge in [-0.25, -0.2) is 9.78 Å². The second kappa shape index (κ2) is 6.69. The normalized spacial score (nSPS) is 10.9. The summed E-state index contributed by atoms with van der Waals surface area (Å²) in [5.41, 5.74) is 0.949. The van der Waals surface area contributed by atoms with Crippen LogP contribution in [0.2, 0.25) is 10.0 Å². The van der Waals surface area contributed by atoms with Gasteiger partial charge < -0.3 is 5.11 Å². The van der Waals surface area contributed by atoms with Crippen LogP contribution in [0.3, 0.4) is 0 Å². The Morgan fingerprint density at radius 2 is 1.95 bits per heavy atom. The monoisotopic (exact) mass is 341 g/mol. The average molecular weight is 342 g/mol. The molecule has 1 N–H and O–H groups in total. The number of nitrogens with zero attached hydrogens (tertiary/aromatic N) is 1. The number of hydrogen-bond acceptors (Lipinski definition) is 3. The fraction of sp³-hybridized carbons (Fsp3) is 0.200. The molecule has 0 atom stereocenters. The molecular weight excluding hydrogens is 329 g/mol. The Hall–Kier alpha value is -1.23. The van der Waals surface area contributed by atoms with E-state index in [1.165, 1.54) is 17.8 Å². The quantitative estimate of drug-likeness (QED) is 0.812. The van der Waals surface area contributed by atoms with Crippen LogP contribution in [0.25, 0.3) is 0 Å². The zero-order valence-corrected chi connectivity index (χ0v) is 13.8. The van der Waals surface area contributed by atoms with Crippen LogP contribution in [-0.2, 0) is 0 Å². The van der Waals surface area contributed by atoms with Crippen LogP contribution in [-0.4, -0.2) is 16.1 Å². The van der Waals surface area contributed by atoms with Crippen molar-refractivity contribution in [2.45, 2.75) is 29.7 Å². The molecule has 1 heterocycles. The van der Waals surface area contributed by atoms with Crippen LogP contribution >= 0.6 is 35.0 Å². The van der Waals surface area contributed by atoms with E-state index in [9.17, 15) is 9.90 Å². The summed E-state index contributed by atoms with van der Waals surface area (Å²) in [6, 6.07) is 8.27. The van der Waals surface area contributed by atoms with Gasteiger partial charge in [-0.1, -0.05) is 48.8 Å². The summed E-state index contributed by atoms with van der Waals surface area (Å²) < 4.78 is 0. The Morgan fingerprint density at radius 1 is 1.24 bits per heavy atom. The Bertz CT molecular complexity index is 689. The molecular formula is C15H13Cl2NO2S. The molecule has 0 spiro atoms. The molecule has 2 aromatic rings. The highest BCUT2D eigenvalue weighted by molar-refractivity contribution is 7.99. The number of hydrogen-bond donors (Lipinski definition) is 1. The summed E-state index contributed by atoms with van der Waals surface area (Å²) in [5, 5.41) is 10.9. The third-order valence-corrected chi connectivity index (χ3v) is 4.42. The van der Waals surface area contributed by atoms with Crippen LogP contribution in [0, 0.1) is 0 Å². The number of aromatic carboxylic acids is 1. The smallest absolute Gasteiger partial charge is 0.335 e. The molecule has 110 valence electrons. The van der Waals surface area contributed by atoms with Crippen LogP contribution < -0.4 is 0 Å². The maximum Gasteiger partial charge on any atom is 0.335 e. The number of carboxylic acid groups (broad SMARTS) is 1. The molecule has 0 saturated heterocycles. The summed E-state index contributed by atoms with van der Waals surface area (Å²) in [4.78, 5) is 16.4. The molecule has 0 unspecified atom stereocenters. The fourth-order valence-corrected chi connectivity index (χ4v) is 3.05. The molecule has 21 heavy (non-hydrogen) atoms. The van der Waals surface area contributed by atoms with Crippen molar-refractivity contribution in [2.75, 3.05) is 0 Å². The van der Waals surface area contributed by atoms with E-state index >= 15 is 0 Å². The number of halogens is 2. The van der Waals surface area contributed by atoms with Crippen molar-refractivity contribution in [3.8, 4) is 0 Å². The second-order valence-electron chi connectivity index (χ2n) is 4.76. The number of benzene rings is 1. The third-order valence-electron chi connectivity index (χ3n) is 2.77. The maximum atomic E-state index is 11.2. The third kappa shape index (κ3) is 4.13. The number of rotatable bonds is 4. The van der Waals surface area contributed by atoms with Gasteiger partial charge in [-0.05, 0) is 36.2 Å². The molecule has 2 rings (SSSR count). The molecule has 3 nitrogen and oxygen atoms in total. The fourth-order valence-electron chi connectivity index (χ4n) is 1.67. The molecule has 0 fully saturated rings. The Balaban J connectivity index is 2.43. The molecule has 1 aromatic heterocycles. The van der Waals surface area contributed by atoms with Crippen LogP contribution in [0.4, 0.5) is 0 Å². The lowest BCUT2D eigenvalue weighted by Gasteiger charge is -2.10. The van der Waals surface area contributed by atoms with Gasteiger partial charge >= 0.3 is 5.97 Å². The second-order valence-corrected chi connectivity index (χ2v) is 6.66. The predicted molar refractivity (Wildman–Crippen MR) is 85.9 cm³/mol. The van der Waals surface area contributed by atoms with Crippen LogP contribution in [0.1, 0.15) is 35.8 Å². The number of pyridine rings is 1. The highest BCUT2D eigenvalue weighted by Crippen LogP contribution is 2.35. The summed E-state index contributed by atoms with van der Waals surface area (Å²) in [5.74, 6) is -0.836. The summed E-state index contributed by atoms with van der Waals surface area (Å²) in [6.07, 6.45) is 0. The van der Waals surface area contributed by atoms with Gasteiger partial charge in [0.25, 0.3) is 0 Å². The lowest BCUT2D eigenvalue weighted by molar-refractivity contribution is 0.0696. The van der Waals surface area contributed by atoms with Crippen LogP contribution in [0.15, 0.2) is 40.3 Å². The summed E-state index contributed by atoms with van der Waals surface area (Å²) in [6.45, 7) is 3.93. The Morgan fingerprint density at radius 3 is 2.57 bits per heavy atom. The molecule has 0 amide bonds. The summed E-state index contributed by atoms with van der Waals surface area (Å²) >= 11 is 13.4. The van der Waals surface area contributed by atoms with Crippen molar-refractivity contribution in [1.82, 2.24) is 4.98 Å². The molecule has 0 aliphatic heterocycles. The first-order valence-corrected chi connectivity index (χ1v) is 7.82. The van der Waals surface area contributed by atoms with Crippen molar-refractivity contribution in [3.05, 3.63) is 51.6 Å². The van der Waals surface area contributed by atoms with Gasteiger partial charge in [-0.2, -0.15) is 0 Å². The van der Waals surface area contributed by atoms with E-state index < -0.39 is 5.97 Å². The van der Waals surface area contributed by atoms with Gasteiger partial charge in [0.15, 0.2) is 0 Å². The van der Waals surface area contributed by atoms with Crippen molar-refractivity contribution >= 4 is 40.9 Å². The maximum absolute atomic E-state index is 11.2. The minimum absolute atomic E-state index is 0.137. The van der Waals surface area contributed by atoms with E-state index in [-0.39, 0.29) is 11.5 Å². The number of carbonyl (C=O) groups is 1. The Labute approximate surface area is 137 Å². The topological polar surface area (TPSA) is 50.2 Å². The first kappa shape index (κ1) is 16.1. The average Bonchev–Trinajstić information content (AvgIpc) is 2.42. The minimum Gasteiger partial charge on any atom is -0.478 e. The van der Waals surface area contributed by atoms with Gasteiger partial charge in [0.1, 0.15) is 5.03 Å². The Kier molecular flexibility index (Phi) is 5.14. The van der Waals surface area contributed by atoms with Gasteiger partial charge in [-0.3, -0.25) is 0 Å². The van der Waals surface area contributed by atoms with Gasteiger partial charge in [0, 0.05) is 15.6 Å². The van der Waals surface area contributed by atoms with E-state index in [0.717, 1.165) is 10.6 Å². The largest absolute Gasteiger partial charge is 0.478 e. The first-order chi connectivity index (χ1) is 9.86. The van der Waals surface area contributed by atoms with E-state index in [1.807, 2.05) is 13.8 Å². The van der Waals surface area contributed by atoms with Crippen molar-refractivity contribution < 1.29 is 9.90 Å². The van der Waals surface area contributed by atoms with Gasteiger partial charge in [0.2, 0.25) is 0 Å². The molecule has 0 radical (unpaired) electrons. The molecule has 0 saturated carbocycles. The molecule has 6 heteroatoms. The SMILES string of the molecule is CC(C)c1cc(C(=O)O)cc(Sc2cc(Cl)ccc2Cl)n1. The lowest BCUT2D eigenvalue weighted by atomic mass is 10.1. The van der Waals surface area contributed by atoms with E-state index in [0.29, 0.717) is 15.1 Å². The molecule has 0 aliphatic carbocycles. The van der Waals surface area contributed by atoms with Crippen molar-refractivity contribution in [2.24, 2.45) is 0 Å². The highest BCUT2D eigenvalue weighted by atomic mass is 35.5. The summed E-state index contributed by atoms with van der Waals surface area (Å²) in [7, 11) is 0. The van der Waals surface area contributed by atoms with E-state index in [4.69, 9.17) is 23.2 Å². The van der Waals surface area contributed by atoms with Crippen molar-refractivity contribution in [3.63, 3.8) is 0 Å². The number of aromatic nitrogens is 1. The van der Waals surface area contributed by atoms with Gasteiger partial charge in [-0.15, -0.1) is 0 Å². The standard InChI is InChI=1S/C15H13Cl2NO2S/c1-8(2)12-5-9(15(19)20)6-14(18-12)21-13-7-10(16)3-4-11(13)17/h3-8H,1-2H3,(H,19,20). The zero-order chi connectivity index (χ0) is 15.6. The molecule has 1 aromatic carbocycles. The minimum atomic E-state index is -0.974. The molecule has 0 aliphatic rings. The van der Waals surface area contributed by atoms with E-state index in [1.54, 1.807) is 24.3 Å². The van der Waals surface area contributed by atoms with Crippen molar-refractivity contribution in [1.29, 1.82) is 0 Å². The van der Waals surface area contributed by atoms with E-state index in [2.05, 4.69) is 4.98 Å². The van der Waals surface area contributed by atoms with Crippen LogP contribution in [0.5, 0.6) is 0 Å². The first-order valence-electron chi connectivity index (χ1n) is 6.25. The zero-order valence-electron chi connectivity index (χ0n) is 11.4.